The van der Waals surface area contributed by atoms with E-state index < -0.39 is 0 Å². The van der Waals surface area contributed by atoms with Crippen molar-refractivity contribution in [1.29, 1.82) is 0 Å². The number of nitrogens with one attached hydrogen (secondary N) is 2. The number of benzene rings is 1. The molecule has 1 aromatic carbocycles. The predicted molar refractivity (Wildman–Crippen MR) is 117 cm³/mol. The van der Waals surface area contributed by atoms with Gasteiger partial charge in [0.1, 0.15) is 4.34 Å². The van der Waals surface area contributed by atoms with E-state index in [1.807, 2.05) is 23.3 Å². The molecule has 0 aliphatic carbocycles. The van der Waals surface area contributed by atoms with Gasteiger partial charge in [-0.15, -0.1) is 35.3 Å². The van der Waals surface area contributed by atoms with E-state index in [-0.39, 0.29) is 24.0 Å². The van der Waals surface area contributed by atoms with E-state index in [1.165, 1.54) is 11.1 Å². The number of aliphatic imine (C=N–C) groups is 1. The van der Waals surface area contributed by atoms with Gasteiger partial charge in [-0.25, -0.2) is 9.98 Å². The van der Waals surface area contributed by atoms with E-state index in [0.29, 0.717) is 6.54 Å². The average Bonchev–Trinajstić information content (AvgIpc) is 3.07. The molecule has 0 saturated carbocycles. The van der Waals surface area contributed by atoms with Crippen LogP contribution < -0.4 is 10.6 Å². The van der Waals surface area contributed by atoms with Gasteiger partial charge in [0.05, 0.1) is 6.54 Å². The van der Waals surface area contributed by atoms with Crippen molar-refractivity contribution < 1.29 is 0 Å². The Morgan fingerprint density at radius 1 is 1.25 bits per heavy atom. The summed E-state index contributed by atoms with van der Waals surface area (Å²) in [5.74, 6) is 1.95. The van der Waals surface area contributed by atoms with Crippen molar-refractivity contribution in [2.24, 2.45) is 4.99 Å². The van der Waals surface area contributed by atoms with Gasteiger partial charge in [0.15, 0.2) is 5.96 Å². The van der Waals surface area contributed by atoms with Gasteiger partial charge in [-0.1, -0.05) is 41.6 Å². The summed E-state index contributed by atoms with van der Waals surface area (Å²) >= 11 is 3.51. The zero-order valence-corrected chi connectivity index (χ0v) is 18.1. The summed E-state index contributed by atoms with van der Waals surface area (Å²) in [6.07, 6.45) is 2.94. The Hall–Kier alpha value is -0.800. The quantitative estimate of drug-likeness (QED) is 0.196. The van der Waals surface area contributed by atoms with Crippen LogP contribution >= 0.6 is 47.1 Å². The number of aromatic nitrogens is 1. The molecular formula is C17H25IN4S2. The second kappa shape index (κ2) is 12.5. The molecule has 0 unspecified atom stereocenters. The highest BCUT2D eigenvalue weighted by atomic mass is 127. The Labute approximate surface area is 170 Å². The fraction of sp³-hybridized carbons (Fsp3) is 0.412. The molecule has 132 valence electrons. The number of halogens is 1. The number of thiazole rings is 1. The molecule has 0 saturated heterocycles. The van der Waals surface area contributed by atoms with E-state index in [0.717, 1.165) is 35.6 Å². The number of rotatable bonds is 8. The first-order chi connectivity index (χ1) is 11.3. The lowest BCUT2D eigenvalue weighted by Crippen LogP contribution is -2.37. The summed E-state index contributed by atoms with van der Waals surface area (Å²) in [5.41, 5.74) is 2.51. The zero-order valence-electron chi connectivity index (χ0n) is 14.1. The van der Waals surface area contributed by atoms with Crippen molar-refractivity contribution in [3.05, 3.63) is 47.0 Å². The highest BCUT2D eigenvalue weighted by molar-refractivity contribution is 14.0. The van der Waals surface area contributed by atoms with Crippen LogP contribution in [0.1, 0.15) is 24.5 Å². The minimum atomic E-state index is 0. The van der Waals surface area contributed by atoms with Gasteiger partial charge in [-0.2, -0.15) is 0 Å². The molecule has 1 heterocycles. The molecule has 0 spiro atoms. The highest BCUT2D eigenvalue weighted by Crippen LogP contribution is 2.20. The second-order valence-corrected chi connectivity index (χ2v) is 7.34. The van der Waals surface area contributed by atoms with Crippen LogP contribution in [-0.4, -0.2) is 29.8 Å². The molecular weight excluding hydrogens is 451 g/mol. The molecule has 0 aliphatic rings. The molecule has 2 rings (SSSR count). The van der Waals surface area contributed by atoms with Crippen molar-refractivity contribution in [3.8, 4) is 0 Å². The van der Waals surface area contributed by atoms with Crippen molar-refractivity contribution >= 4 is 53.0 Å². The Balaban J connectivity index is 0.00000288. The maximum Gasteiger partial charge on any atom is 0.191 e. The third-order valence-electron chi connectivity index (χ3n) is 3.13. The largest absolute Gasteiger partial charge is 0.357 e. The monoisotopic (exact) mass is 476 g/mol. The SMILES string of the molecule is CCNC(=NCc1ccc(C)cc1)NCCCSc1nccs1.I. The molecule has 0 fully saturated rings. The summed E-state index contributed by atoms with van der Waals surface area (Å²) < 4.78 is 1.14. The smallest absolute Gasteiger partial charge is 0.191 e. The number of aryl methyl sites for hydroxylation is 1. The third-order valence-corrected chi connectivity index (χ3v) is 5.19. The Kier molecular flexibility index (Phi) is 11.1. The number of nitrogens with zero attached hydrogens (tertiary/aromatic N) is 2. The van der Waals surface area contributed by atoms with Gasteiger partial charge in [-0.05, 0) is 25.8 Å². The lowest BCUT2D eigenvalue weighted by Gasteiger charge is -2.11. The maximum absolute atomic E-state index is 4.64. The Morgan fingerprint density at radius 3 is 2.71 bits per heavy atom. The van der Waals surface area contributed by atoms with Crippen LogP contribution in [0.25, 0.3) is 0 Å². The van der Waals surface area contributed by atoms with Gasteiger partial charge >= 0.3 is 0 Å². The van der Waals surface area contributed by atoms with Crippen LogP contribution in [0.3, 0.4) is 0 Å². The van der Waals surface area contributed by atoms with Gasteiger partial charge in [0.25, 0.3) is 0 Å². The number of thioether (sulfide) groups is 1. The summed E-state index contributed by atoms with van der Waals surface area (Å²) in [7, 11) is 0. The molecule has 0 radical (unpaired) electrons. The molecule has 0 amide bonds. The van der Waals surface area contributed by atoms with Crippen molar-refractivity contribution in [3.63, 3.8) is 0 Å². The van der Waals surface area contributed by atoms with Crippen LogP contribution in [0.4, 0.5) is 0 Å². The first kappa shape index (κ1) is 21.2. The lowest BCUT2D eigenvalue weighted by molar-refractivity contribution is 0.789. The maximum atomic E-state index is 4.64. The molecule has 0 bridgehead atoms. The van der Waals surface area contributed by atoms with E-state index in [2.05, 4.69) is 58.7 Å². The normalized spacial score (nSPS) is 11.0. The fourth-order valence-corrected chi connectivity index (χ4v) is 3.57. The molecule has 2 N–H and O–H groups in total. The summed E-state index contributed by atoms with van der Waals surface area (Å²) in [6, 6.07) is 8.52. The van der Waals surface area contributed by atoms with Crippen LogP contribution in [0.5, 0.6) is 0 Å². The number of hydrogen-bond acceptors (Lipinski definition) is 4. The van der Waals surface area contributed by atoms with Crippen LogP contribution in [-0.2, 0) is 6.54 Å². The lowest BCUT2D eigenvalue weighted by atomic mass is 10.1. The summed E-state index contributed by atoms with van der Waals surface area (Å²) in [4.78, 5) is 8.91. The van der Waals surface area contributed by atoms with E-state index >= 15 is 0 Å². The standard InChI is InChI=1S/C17H24N4S2.HI/c1-3-18-16(21-13-15-7-5-14(2)6-8-15)19-9-4-11-22-17-20-10-12-23-17;/h5-8,10,12H,3-4,9,11,13H2,1-2H3,(H2,18,19,21);1H. The minimum absolute atomic E-state index is 0. The molecule has 24 heavy (non-hydrogen) atoms. The van der Waals surface area contributed by atoms with Crippen LogP contribution in [0, 0.1) is 6.92 Å². The Morgan fingerprint density at radius 2 is 2.04 bits per heavy atom. The minimum Gasteiger partial charge on any atom is -0.357 e. The summed E-state index contributed by atoms with van der Waals surface area (Å²) in [5, 5.41) is 8.70. The Bertz CT molecular complexity index is 585. The molecule has 0 atom stereocenters. The first-order valence-electron chi connectivity index (χ1n) is 7.88. The predicted octanol–water partition coefficient (Wildman–Crippen LogP) is 4.31. The molecule has 2 aromatic rings. The second-order valence-electron chi connectivity index (χ2n) is 5.11. The topological polar surface area (TPSA) is 49.3 Å². The van der Waals surface area contributed by atoms with Gasteiger partial charge < -0.3 is 10.6 Å². The van der Waals surface area contributed by atoms with Gasteiger partial charge in [-0.3, -0.25) is 0 Å². The summed E-state index contributed by atoms with van der Waals surface area (Å²) in [6.45, 7) is 6.67. The van der Waals surface area contributed by atoms with E-state index in [9.17, 15) is 0 Å². The van der Waals surface area contributed by atoms with Crippen molar-refractivity contribution in [1.82, 2.24) is 15.6 Å². The van der Waals surface area contributed by atoms with Gasteiger partial charge in [0, 0.05) is 30.4 Å². The zero-order chi connectivity index (χ0) is 16.3. The molecule has 0 aliphatic heterocycles. The fourth-order valence-electron chi connectivity index (χ4n) is 1.93. The highest BCUT2D eigenvalue weighted by Gasteiger charge is 1.99. The third kappa shape index (κ3) is 8.34. The van der Waals surface area contributed by atoms with Crippen molar-refractivity contribution in [2.45, 2.75) is 31.2 Å². The van der Waals surface area contributed by atoms with Crippen LogP contribution in [0.2, 0.25) is 0 Å². The van der Waals surface area contributed by atoms with E-state index in [1.54, 1.807) is 11.3 Å². The van der Waals surface area contributed by atoms with Gasteiger partial charge in [0.2, 0.25) is 0 Å². The molecule has 1 aromatic heterocycles. The first-order valence-corrected chi connectivity index (χ1v) is 9.74. The van der Waals surface area contributed by atoms with Crippen molar-refractivity contribution in [2.75, 3.05) is 18.8 Å². The number of guanidine groups is 1. The number of hydrogen-bond donors (Lipinski definition) is 2. The van der Waals surface area contributed by atoms with Crippen LogP contribution in [0.15, 0.2) is 45.2 Å². The van der Waals surface area contributed by atoms with E-state index in [4.69, 9.17) is 0 Å². The average molecular weight is 476 g/mol. The molecule has 4 nitrogen and oxygen atoms in total. The molecule has 7 heteroatoms.